The summed E-state index contributed by atoms with van der Waals surface area (Å²) in [5, 5.41) is 12.2. The minimum absolute atomic E-state index is 0.211. The van der Waals surface area contributed by atoms with Gasteiger partial charge in [0.25, 0.3) is 5.91 Å². The summed E-state index contributed by atoms with van der Waals surface area (Å²) in [5.41, 5.74) is 1.46. The lowest BCUT2D eigenvalue weighted by atomic mass is 9.92. The first kappa shape index (κ1) is 19.3. The Bertz CT molecular complexity index is 670. The number of hydrogen-bond acceptors (Lipinski definition) is 4. The molecule has 136 valence electrons. The Morgan fingerprint density at radius 3 is 2.56 bits per heavy atom. The lowest BCUT2D eigenvalue weighted by Gasteiger charge is -2.22. The van der Waals surface area contributed by atoms with Crippen LogP contribution in [-0.4, -0.2) is 41.7 Å². The number of Topliss-reactive ketones (excluding diaryl/α,β-unsaturated/α-hetero) is 1. The summed E-state index contributed by atoms with van der Waals surface area (Å²) in [6.45, 7) is 7.82. The maximum atomic E-state index is 12.7. The topological polar surface area (TPSA) is 78.9 Å². The fraction of sp³-hybridized carbons (Fsp3) is 0.500. The van der Waals surface area contributed by atoms with E-state index < -0.39 is 11.6 Å². The maximum Gasteiger partial charge on any atom is 0.251 e. The number of aliphatic hydroxyl groups excluding tert-OH is 1. The number of benzene rings is 1. The van der Waals surface area contributed by atoms with E-state index in [2.05, 4.69) is 5.32 Å². The minimum atomic E-state index is -1.13. The van der Waals surface area contributed by atoms with Crippen molar-refractivity contribution in [2.45, 2.75) is 45.8 Å². The molecule has 1 amide bonds. The van der Waals surface area contributed by atoms with Crippen molar-refractivity contribution in [3.8, 4) is 0 Å². The van der Waals surface area contributed by atoms with Gasteiger partial charge in [-0.2, -0.15) is 0 Å². The van der Waals surface area contributed by atoms with Gasteiger partial charge < -0.3 is 15.2 Å². The lowest BCUT2D eigenvalue weighted by molar-refractivity contribution is -0.127. The molecule has 1 saturated heterocycles. The van der Waals surface area contributed by atoms with E-state index in [0.717, 1.165) is 11.1 Å². The van der Waals surface area contributed by atoms with E-state index in [9.17, 15) is 14.7 Å². The van der Waals surface area contributed by atoms with Gasteiger partial charge in [0.15, 0.2) is 11.4 Å². The van der Waals surface area contributed by atoms with Crippen molar-refractivity contribution < 1.29 is 19.4 Å². The van der Waals surface area contributed by atoms with Gasteiger partial charge in [-0.05, 0) is 43.9 Å². The van der Waals surface area contributed by atoms with E-state index in [1.54, 1.807) is 12.1 Å². The molecule has 1 aromatic rings. The van der Waals surface area contributed by atoms with Crippen LogP contribution in [0.25, 0.3) is 6.08 Å². The molecule has 0 radical (unpaired) electrons. The number of carbonyl (C=O) groups is 2. The second-order valence-electron chi connectivity index (χ2n) is 7.31. The number of ether oxygens (including phenoxy) is 1. The molecular formula is C20H27NO4. The zero-order valence-corrected chi connectivity index (χ0v) is 15.3. The van der Waals surface area contributed by atoms with Crippen LogP contribution in [-0.2, 0) is 9.53 Å². The third-order valence-corrected chi connectivity index (χ3v) is 4.13. The first-order valence-corrected chi connectivity index (χ1v) is 8.62. The number of ketones is 1. The van der Waals surface area contributed by atoms with Crippen LogP contribution in [0, 0.1) is 5.92 Å². The van der Waals surface area contributed by atoms with Gasteiger partial charge in [0.05, 0.1) is 19.3 Å². The van der Waals surface area contributed by atoms with Crippen LogP contribution < -0.4 is 5.32 Å². The van der Waals surface area contributed by atoms with Crippen molar-refractivity contribution in [3.63, 3.8) is 0 Å². The van der Waals surface area contributed by atoms with E-state index in [-0.39, 0.29) is 30.8 Å². The van der Waals surface area contributed by atoms with Gasteiger partial charge in [-0.25, -0.2) is 0 Å². The molecule has 2 unspecified atom stereocenters. The van der Waals surface area contributed by atoms with E-state index >= 15 is 0 Å². The largest absolute Gasteiger partial charge is 0.393 e. The number of epoxide rings is 1. The highest BCUT2D eigenvalue weighted by Gasteiger charge is 2.54. The Morgan fingerprint density at radius 1 is 1.36 bits per heavy atom. The quantitative estimate of drug-likeness (QED) is 0.710. The Labute approximate surface area is 149 Å². The summed E-state index contributed by atoms with van der Waals surface area (Å²) in [6, 6.07) is 6.61. The second kappa shape index (κ2) is 7.93. The predicted molar refractivity (Wildman–Crippen MR) is 97.3 cm³/mol. The van der Waals surface area contributed by atoms with Crippen LogP contribution in [0.15, 0.2) is 29.8 Å². The monoisotopic (exact) mass is 345 g/mol. The number of nitrogens with one attached hydrogen (secondary N) is 1. The zero-order chi connectivity index (χ0) is 18.6. The lowest BCUT2D eigenvalue weighted by Crippen LogP contribution is -2.48. The fourth-order valence-corrected chi connectivity index (χ4v) is 2.76. The molecule has 0 aliphatic carbocycles. The summed E-state index contributed by atoms with van der Waals surface area (Å²) in [4.78, 5) is 25.3. The smallest absolute Gasteiger partial charge is 0.251 e. The number of allylic oxidation sites excluding steroid dienone is 1. The highest BCUT2D eigenvalue weighted by Crippen LogP contribution is 2.30. The van der Waals surface area contributed by atoms with Gasteiger partial charge in [0.2, 0.25) is 0 Å². The first-order chi connectivity index (χ1) is 11.8. The molecule has 1 aliphatic heterocycles. The molecule has 0 saturated carbocycles. The molecule has 2 N–H and O–H groups in total. The molecule has 0 aromatic heterocycles. The van der Waals surface area contributed by atoms with Gasteiger partial charge in [-0.3, -0.25) is 9.59 Å². The normalized spacial score (nSPS) is 20.1. The van der Waals surface area contributed by atoms with E-state index in [1.165, 1.54) is 0 Å². The van der Waals surface area contributed by atoms with Crippen molar-refractivity contribution >= 4 is 17.8 Å². The predicted octanol–water partition coefficient (Wildman–Crippen LogP) is 2.58. The Morgan fingerprint density at radius 2 is 2.04 bits per heavy atom. The third-order valence-electron chi connectivity index (χ3n) is 4.13. The highest BCUT2D eigenvalue weighted by atomic mass is 16.6. The summed E-state index contributed by atoms with van der Waals surface area (Å²) < 4.78 is 5.16. The molecule has 5 heteroatoms. The summed E-state index contributed by atoms with van der Waals surface area (Å²) >= 11 is 0. The van der Waals surface area contributed by atoms with Crippen LogP contribution in [0.3, 0.4) is 0 Å². The van der Waals surface area contributed by atoms with Crippen molar-refractivity contribution in [2.75, 3.05) is 13.2 Å². The van der Waals surface area contributed by atoms with E-state index in [0.29, 0.717) is 12.0 Å². The minimum Gasteiger partial charge on any atom is -0.393 e. The number of hydrogen-bond donors (Lipinski definition) is 2. The van der Waals surface area contributed by atoms with E-state index in [1.807, 2.05) is 45.9 Å². The molecular weight excluding hydrogens is 318 g/mol. The van der Waals surface area contributed by atoms with Gasteiger partial charge in [0.1, 0.15) is 0 Å². The van der Waals surface area contributed by atoms with Crippen LogP contribution in [0.4, 0.5) is 0 Å². The Balaban J connectivity index is 2.17. The van der Waals surface area contributed by atoms with Crippen molar-refractivity contribution in [2.24, 2.45) is 5.92 Å². The molecule has 2 rings (SSSR count). The summed E-state index contributed by atoms with van der Waals surface area (Å²) in [5.74, 6) is -0.324. The average molecular weight is 345 g/mol. The van der Waals surface area contributed by atoms with Crippen LogP contribution in [0.2, 0.25) is 0 Å². The fourth-order valence-electron chi connectivity index (χ4n) is 2.76. The average Bonchev–Trinajstić information content (AvgIpc) is 3.34. The third kappa shape index (κ3) is 5.00. The standard InChI is InChI=1S/C20H27NO4/c1-13(2)8-15-6-5-7-16(10-15)19(24)21-17(9-14(3)4)18(23)20(11-22)12-25-20/h5-8,10,14,17,22H,9,11-12H2,1-4H3,(H,21,24). The van der Waals surface area contributed by atoms with E-state index in [4.69, 9.17) is 4.74 Å². The maximum absolute atomic E-state index is 12.7. The van der Waals surface area contributed by atoms with Crippen molar-refractivity contribution in [3.05, 3.63) is 41.0 Å². The summed E-state index contributed by atoms with van der Waals surface area (Å²) in [6.07, 6.45) is 2.50. The zero-order valence-electron chi connectivity index (χ0n) is 15.3. The SMILES string of the molecule is CC(C)=Cc1cccc(C(=O)NC(CC(C)C)C(=O)C2(CO)CO2)c1. The molecule has 5 nitrogen and oxygen atoms in total. The number of rotatable bonds is 8. The molecule has 1 heterocycles. The highest BCUT2D eigenvalue weighted by molar-refractivity contribution is 6.01. The molecule has 1 fully saturated rings. The second-order valence-corrected chi connectivity index (χ2v) is 7.31. The van der Waals surface area contributed by atoms with Crippen LogP contribution in [0.1, 0.15) is 50.0 Å². The molecule has 1 aromatic carbocycles. The van der Waals surface area contributed by atoms with Crippen LogP contribution >= 0.6 is 0 Å². The first-order valence-electron chi connectivity index (χ1n) is 8.62. The molecule has 0 bridgehead atoms. The summed E-state index contributed by atoms with van der Waals surface area (Å²) in [7, 11) is 0. The van der Waals surface area contributed by atoms with Gasteiger partial charge in [0, 0.05) is 5.56 Å². The molecule has 2 atom stereocenters. The number of amides is 1. The molecule has 0 spiro atoms. The van der Waals surface area contributed by atoms with Crippen LogP contribution in [0.5, 0.6) is 0 Å². The number of carbonyl (C=O) groups excluding carboxylic acids is 2. The van der Waals surface area contributed by atoms with Crippen molar-refractivity contribution in [1.29, 1.82) is 0 Å². The van der Waals surface area contributed by atoms with Crippen molar-refractivity contribution in [1.82, 2.24) is 5.32 Å². The Hall–Kier alpha value is -1.98. The molecule has 1 aliphatic rings. The van der Waals surface area contributed by atoms with Gasteiger partial charge >= 0.3 is 0 Å². The van der Waals surface area contributed by atoms with Gasteiger partial charge in [-0.1, -0.05) is 37.6 Å². The van der Waals surface area contributed by atoms with Gasteiger partial charge in [-0.15, -0.1) is 0 Å². The number of aliphatic hydroxyl groups is 1. The Kier molecular flexibility index (Phi) is 6.14. The molecule has 25 heavy (non-hydrogen) atoms.